The predicted molar refractivity (Wildman–Crippen MR) is 81.8 cm³/mol. The fraction of sp³-hybridized carbons (Fsp3) is 0.231. The van der Waals surface area contributed by atoms with Gasteiger partial charge in [0.1, 0.15) is 0 Å². The van der Waals surface area contributed by atoms with Crippen LogP contribution in [0.15, 0.2) is 39.8 Å². The number of carbonyl (C=O) groups excluding carboxylic acids is 1. The number of para-hydroxylation sites is 1. The minimum atomic E-state index is -0.208. The third-order valence-electron chi connectivity index (χ3n) is 2.61. The van der Waals surface area contributed by atoms with Crippen LogP contribution in [0.4, 0.5) is 5.69 Å². The van der Waals surface area contributed by atoms with Crippen LogP contribution in [-0.2, 0) is 6.54 Å². The van der Waals surface area contributed by atoms with Gasteiger partial charge in [-0.25, -0.2) is 0 Å². The fourth-order valence-electron chi connectivity index (χ4n) is 1.64. The third kappa shape index (κ3) is 3.19. The van der Waals surface area contributed by atoms with E-state index in [4.69, 9.17) is 0 Å². The first-order valence-electron chi connectivity index (χ1n) is 5.83. The van der Waals surface area contributed by atoms with Crippen molar-refractivity contribution >= 4 is 39.3 Å². The number of hydrogen-bond donors (Lipinski definition) is 1. The van der Waals surface area contributed by atoms with E-state index >= 15 is 0 Å². The van der Waals surface area contributed by atoms with Gasteiger partial charge in [-0.2, -0.15) is 5.10 Å². The van der Waals surface area contributed by atoms with Gasteiger partial charge in [-0.05, 0) is 41.2 Å². The maximum Gasteiger partial charge on any atom is 0.277 e. The molecule has 100 valence electrons. The minimum Gasteiger partial charge on any atom is -0.320 e. The molecule has 1 amide bonds. The summed E-state index contributed by atoms with van der Waals surface area (Å²) in [4.78, 5) is 13.2. The first kappa shape index (κ1) is 14.1. The van der Waals surface area contributed by atoms with E-state index in [1.807, 2.05) is 37.4 Å². The van der Waals surface area contributed by atoms with Crippen molar-refractivity contribution in [3.63, 3.8) is 0 Å². The van der Waals surface area contributed by atoms with Crippen molar-refractivity contribution in [1.82, 2.24) is 9.78 Å². The second kappa shape index (κ2) is 6.25. The van der Waals surface area contributed by atoms with Gasteiger partial charge in [0.2, 0.25) is 0 Å². The lowest BCUT2D eigenvalue weighted by molar-refractivity contribution is 0.102. The first-order valence-corrected chi connectivity index (χ1v) is 7.84. The summed E-state index contributed by atoms with van der Waals surface area (Å²) >= 11 is 4.95. The molecule has 2 aromatic rings. The van der Waals surface area contributed by atoms with Gasteiger partial charge in [-0.3, -0.25) is 9.48 Å². The second-order valence-electron chi connectivity index (χ2n) is 3.84. The maximum atomic E-state index is 12.2. The van der Waals surface area contributed by atoms with Gasteiger partial charge in [0.15, 0.2) is 5.69 Å². The largest absolute Gasteiger partial charge is 0.320 e. The van der Waals surface area contributed by atoms with Gasteiger partial charge in [-0.15, -0.1) is 11.8 Å². The highest BCUT2D eigenvalue weighted by atomic mass is 79.9. The van der Waals surface area contributed by atoms with Gasteiger partial charge < -0.3 is 5.32 Å². The molecular weight excluding hydrogens is 326 g/mol. The number of halogens is 1. The number of benzene rings is 1. The third-order valence-corrected chi connectivity index (χ3v) is 3.99. The zero-order chi connectivity index (χ0) is 13.8. The summed E-state index contributed by atoms with van der Waals surface area (Å²) in [6.45, 7) is 2.71. The molecule has 0 saturated heterocycles. The predicted octanol–water partition coefficient (Wildman–Crippen LogP) is 3.64. The van der Waals surface area contributed by atoms with Crippen LogP contribution < -0.4 is 5.32 Å². The maximum absolute atomic E-state index is 12.2. The lowest BCUT2D eigenvalue weighted by atomic mass is 10.3. The Bertz CT molecular complexity index is 597. The number of rotatable bonds is 4. The van der Waals surface area contributed by atoms with Gasteiger partial charge in [-0.1, -0.05) is 12.1 Å². The zero-order valence-corrected chi connectivity index (χ0v) is 13.1. The van der Waals surface area contributed by atoms with Crippen LogP contribution in [0.2, 0.25) is 0 Å². The highest BCUT2D eigenvalue weighted by molar-refractivity contribution is 9.10. The molecule has 1 aromatic heterocycles. The summed E-state index contributed by atoms with van der Waals surface area (Å²) in [6.07, 6.45) is 3.78. The van der Waals surface area contributed by atoms with E-state index in [0.717, 1.165) is 17.1 Å². The number of nitrogens with zero attached hydrogens (tertiary/aromatic N) is 2. The minimum absolute atomic E-state index is 0.208. The van der Waals surface area contributed by atoms with Gasteiger partial charge in [0.25, 0.3) is 5.91 Å². The Morgan fingerprint density at radius 3 is 2.84 bits per heavy atom. The van der Waals surface area contributed by atoms with Crippen LogP contribution in [0.25, 0.3) is 0 Å². The molecule has 0 atom stereocenters. The Kier molecular flexibility index (Phi) is 4.66. The lowest BCUT2D eigenvalue weighted by Crippen LogP contribution is -2.14. The quantitative estimate of drug-likeness (QED) is 0.865. The molecule has 0 spiro atoms. The van der Waals surface area contributed by atoms with E-state index in [2.05, 4.69) is 26.3 Å². The smallest absolute Gasteiger partial charge is 0.277 e. The van der Waals surface area contributed by atoms with Crippen molar-refractivity contribution in [3.05, 3.63) is 40.6 Å². The number of nitrogens with one attached hydrogen (secondary N) is 1. The van der Waals surface area contributed by atoms with E-state index in [9.17, 15) is 4.79 Å². The highest BCUT2D eigenvalue weighted by Gasteiger charge is 2.16. The number of aryl methyl sites for hydroxylation is 1. The van der Waals surface area contributed by atoms with Crippen LogP contribution in [0, 0.1) is 0 Å². The van der Waals surface area contributed by atoms with Crippen LogP contribution in [0.5, 0.6) is 0 Å². The summed E-state index contributed by atoms with van der Waals surface area (Å²) in [6, 6.07) is 7.70. The molecule has 0 aliphatic heterocycles. The Labute approximate surface area is 124 Å². The van der Waals surface area contributed by atoms with Crippen LogP contribution >= 0.6 is 27.7 Å². The average Bonchev–Trinajstić information content (AvgIpc) is 2.80. The van der Waals surface area contributed by atoms with Crippen molar-refractivity contribution in [2.45, 2.75) is 18.4 Å². The summed E-state index contributed by atoms with van der Waals surface area (Å²) < 4.78 is 2.42. The standard InChI is InChI=1S/C13H14BrN3OS/c1-3-17-8-9(14)12(16-17)13(18)15-10-6-4-5-7-11(10)19-2/h4-8H,3H2,1-2H3,(H,15,18). The first-order chi connectivity index (χ1) is 9.15. The Morgan fingerprint density at radius 2 is 2.21 bits per heavy atom. The molecule has 0 aliphatic carbocycles. The van der Waals surface area contributed by atoms with Gasteiger partial charge in [0, 0.05) is 17.6 Å². The molecule has 0 fully saturated rings. The second-order valence-corrected chi connectivity index (χ2v) is 5.54. The van der Waals surface area contributed by atoms with Gasteiger partial charge >= 0.3 is 0 Å². The van der Waals surface area contributed by atoms with E-state index in [1.165, 1.54) is 0 Å². The Balaban J connectivity index is 2.23. The van der Waals surface area contributed by atoms with Crippen LogP contribution in [-0.4, -0.2) is 21.9 Å². The topological polar surface area (TPSA) is 46.9 Å². The number of hydrogen-bond acceptors (Lipinski definition) is 3. The number of anilines is 1. The monoisotopic (exact) mass is 339 g/mol. The van der Waals surface area contributed by atoms with Gasteiger partial charge in [0.05, 0.1) is 10.2 Å². The number of aromatic nitrogens is 2. The number of thioether (sulfide) groups is 1. The Morgan fingerprint density at radius 1 is 1.47 bits per heavy atom. The van der Waals surface area contributed by atoms with Crippen molar-refractivity contribution in [2.24, 2.45) is 0 Å². The molecular formula is C13H14BrN3OS. The molecule has 19 heavy (non-hydrogen) atoms. The van der Waals surface area contributed by atoms with Crippen molar-refractivity contribution in [3.8, 4) is 0 Å². The number of amides is 1. The molecule has 1 heterocycles. The average molecular weight is 340 g/mol. The van der Waals surface area contributed by atoms with E-state index in [-0.39, 0.29) is 5.91 Å². The summed E-state index contributed by atoms with van der Waals surface area (Å²) in [5, 5.41) is 7.12. The fourth-order valence-corrected chi connectivity index (χ4v) is 2.69. The molecule has 0 aliphatic rings. The van der Waals surface area contributed by atoms with Crippen molar-refractivity contribution in [1.29, 1.82) is 0 Å². The Hall–Kier alpha value is -1.27. The van der Waals surface area contributed by atoms with Crippen LogP contribution in [0.1, 0.15) is 17.4 Å². The molecule has 1 aromatic carbocycles. The number of carbonyl (C=O) groups is 1. The van der Waals surface area contributed by atoms with Crippen molar-refractivity contribution < 1.29 is 4.79 Å². The normalized spacial score (nSPS) is 10.5. The van der Waals surface area contributed by atoms with Crippen molar-refractivity contribution in [2.75, 3.05) is 11.6 Å². The zero-order valence-electron chi connectivity index (χ0n) is 10.7. The molecule has 1 N–H and O–H groups in total. The molecule has 0 unspecified atom stereocenters. The molecule has 0 radical (unpaired) electrons. The molecule has 6 heteroatoms. The van der Waals surface area contributed by atoms with E-state index in [1.54, 1.807) is 22.6 Å². The molecule has 0 saturated carbocycles. The SMILES string of the molecule is CCn1cc(Br)c(C(=O)Nc2ccccc2SC)n1. The summed E-state index contributed by atoms with van der Waals surface area (Å²) in [5.41, 5.74) is 1.20. The lowest BCUT2D eigenvalue weighted by Gasteiger charge is -2.07. The summed E-state index contributed by atoms with van der Waals surface area (Å²) in [5.74, 6) is -0.208. The molecule has 2 rings (SSSR count). The summed E-state index contributed by atoms with van der Waals surface area (Å²) in [7, 11) is 0. The van der Waals surface area contributed by atoms with E-state index in [0.29, 0.717) is 10.2 Å². The molecule has 0 bridgehead atoms. The van der Waals surface area contributed by atoms with Crippen LogP contribution in [0.3, 0.4) is 0 Å². The molecule has 4 nitrogen and oxygen atoms in total. The highest BCUT2D eigenvalue weighted by Crippen LogP contribution is 2.25. The van der Waals surface area contributed by atoms with E-state index < -0.39 is 0 Å².